The van der Waals surface area contributed by atoms with Crippen molar-refractivity contribution in [1.29, 1.82) is 0 Å². The summed E-state index contributed by atoms with van der Waals surface area (Å²) in [5.41, 5.74) is 3.05. The van der Waals surface area contributed by atoms with Crippen molar-refractivity contribution in [3.05, 3.63) is 71.9 Å². The largest absolute Gasteiger partial charge is 0.360 e. The lowest BCUT2D eigenvalue weighted by Crippen LogP contribution is -3.12. The minimum atomic E-state index is -0.0839. The number of aromatic amines is 1. The van der Waals surface area contributed by atoms with Crippen molar-refractivity contribution in [2.24, 2.45) is 0 Å². The van der Waals surface area contributed by atoms with Crippen LogP contribution in [0.4, 0.5) is 0 Å². The summed E-state index contributed by atoms with van der Waals surface area (Å²) >= 11 is 0. The predicted molar refractivity (Wildman–Crippen MR) is 89.1 cm³/mol. The molecule has 0 fully saturated rings. The van der Waals surface area contributed by atoms with Gasteiger partial charge in [0.15, 0.2) is 0 Å². The number of Topliss-reactive ketones (excluding diaryl/α,β-unsaturated/α-hetero) is 1. The lowest BCUT2D eigenvalue weighted by molar-refractivity contribution is -0.907. The van der Waals surface area contributed by atoms with Crippen LogP contribution in [0.15, 0.2) is 60.8 Å². The molecule has 2 N–H and O–H groups in total. The smallest absolute Gasteiger partial charge is 0.221 e. The maximum Gasteiger partial charge on any atom is 0.221 e. The van der Waals surface area contributed by atoms with E-state index in [-0.39, 0.29) is 11.8 Å². The topological polar surface area (TPSA) is 37.3 Å². The van der Waals surface area contributed by atoms with Crippen molar-refractivity contribution < 1.29 is 9.69 Å². The maximum atomic E-state index is 12.8. The minimum absolute atomic E-state index is 0.0839. The number of para-hydroxylation sites is 1. The number of carbonyl (C=O) groups excluding carboxylic acids is 1. The monoisotopic (exact) mass is 293 g/mol. The molecule has 3 rings (SSSR count). The maximum absolute atomic E-state index is 12.8. The fourth-order valence-corrected chi connectivity index (χ4v) is 2.80. The highest BCUT2D eigenvalue weighted by Crippen LogP contribution is 2.18. The number of nitrogens with one attached hydrogen (secondary N) is 2. The van der Waals surface area contributed by atoms with Crippen LogP contribution in [0, 0.1) is 0 Å². The van der Waals surface area contributed by atoms with Crippen LogP contribution in [0.2, 0.25) is 0 Å². The van der Waals surface area contributed by atoms with Crippen LogP contribution >= 0.6 is 0 Å². The van der Waals surface area contributed by atoms with Crippen molar-refractivity contribution in [2.75, 3.05) is 7.05 Å². The van der Waals surface area contributed by atoms with Crippen LogP contribution in [0.5, 0.6) is 0 Å². The third-order valence-corrected chi connectivity index (χ3v) is 4.31. The molecule has 2 atom stereocenters. The lowest BCUT2D eigenvalue weighted by atomic mass is 10.0. The normalized spacial score (nSPS) is 13.9. The molecular weight excluding hydrogens is 272 g/mol. The van der Waals surface area contributed by atoms with E-state index < -0.39 is 0 Å². The third-order valence-electron chi connectivity index (χ3n) is 4.31. The second-order valence-electron chi connectivity index (χ2n) is 5.84. The molecule has 0 aliphatic carbocycles. The standard InChI is InChI=1S/C19H20N2O/c1-14(21(2)13-15-8-4-3-5-9-15)19(22)17-12-20-18-11-7-6-10-16(17)18/h3-12,14,20H,13H2,1-2H3/p+1/t14-/m0/s1. The zero-order valence-electron chi connectivity index (χ0n) is 13.0. The van der Waals surface area contributed by atoms with E-state index in [0.717, 1.165) is 23.0 Å². The number of H-pyrrole nitrogens is 1. The van der Waals surface area contributed by atoms with E-state index in [0.29, 0.717) is 0 Å². The van der Waals surface area contributed by atoms with Gasteiger partial charge in [0.05, 0.1) is 7.05 Å². The molecular formula is C19H21N2O+. The number of likely N-dealkylation sites (N-methyl/N-ethyl adjacent to an activating group) is 1. The van der Waals surface area contributed by atoms with Gasteiger partial charge in [-0.25, -0.2) is 0 Å². The zero-order valence-corrected chi connectivity index (χ0v) is 13.0. The number of aromatic nitrogens is 1. The summed E-state index contributed by atoms with van der Waals surface area (Å²) in [6.45, 7) is 2.85. The number of hydrogen-bond acceptors (Lipinski definition) is 1. The molecule has 1 heterocycles. The Hall–Kier alpha value is -2.39. The molecule has 0 aliphatic rings. The molecule has 1 aromatic heterocycles. The molecule has 2 aromatic carbocycles. The quantitative estimate of drug-likeness (QED) is 0.697. The molecule has 1 unspecified atom stereocenters. The van der Waals surface area contributed by atoms with Gasteiger partial charge in [-0.1, -0.05) is 48.5 Å². The van der Waals surface area contributed by atoms with Crippen LogP contribution in [0.3, 0.4) is 0 Å². The van der Waals surface area contributed by atoms with Gasteiger partial charge in [0, 0.05) is 28.2 Å². The molecule has 3 aromatic rings. The molecule has 0 radical (unpaired) electrons. The molecule has 0 spiro atoms. The van der Waals surface area contributed by atoms with Gasteiger partial charge < -0.3 is 9.88 Å². The highest BCUT2D eigenvalue weighted by Gasteiger charge is 2.25. The highest BCUT2D eigenvalue weighted by atomic mass is 16.1. The van der Waals surface area contributed by atoms with Gasteiger partial charge in [-0.3, -0.25) is 4.79 Å². The molecule has 0 saturated carbocycles. The molecule has 0 bridgehead atoms. The van der Waals surface area contributed by atoms with Crippen molar-refractivity contribution in [3.8, 4) is 0 Å². The van der Waals surface area contributed by atoms with E-state index >= 15 is 0 Å². The molecule has 0 saturated heterocycles. The lowest BCUT2D eigenvalue weighted by Gasteiger charge is -2.20. The number of benzene rings is 2. The summed E-state index contributed by atoms with van der Waals surface area (Å²) in [6, 6.07) is 18.2. The van der Waals surface area contributed by atoms with Gasteiger partial charge in [0.1, 0.15) is 12.6 Å². The highest BCUT2D eigenvalue weighted by molar-refractivity contribution is 6.09. The van der Waals surface area contributed by atoms with E-state index in [1.165, 1.54) is 10.5 Å². The number of carbonyl (C=O) groups is 1. The molecule has 0 amide bonds. The van der Waals surface area contributed by atoms with Crippen LogP contribution in [0.25, 0.3) is 10.9 Å². The second-order valence-corrected chi connectivity index (χ2v) is 5.84. The van der Waals surface area contributed by atoms with Crippen molar-refractivity contribution in [2.45, 2.75) is 19.5 Å². The second kappa shape index (κ2) is 6.16. The number of fused-ring (bicyclic) bond motifs is 1. The van der Waals surface area contributed by atoms with E-state index in [4.69, 9.17) is 0 Å². The number of ketones is 1. The first-order valence-corrected chi connectivity index (χ1v) is 7.63. The average Bonchev–Trinajstić information content (AvgIpc) is 2.98. The van der Waals surface area contributed by atoms with Gasteiger partial charge in [0.2, 0.25) is 5.78 Å². The zero-order chi connectivity index (χ0) is 15.5. The van der Waals surface area contributed by atoms with Gasteiger partial charge in [0.25, 0.3) is 0 Å². The van der Waals surface area contributed by atoms with Gasteiger partial charge in [-0.05, 0) is 13.0 Å². The molecule has 0 aliphatic heterocycles. The number of rotatable bonds is 5. The summed E-state index contributed by atoms with van der Waals surface area (Å²) in [5.74, 6) is 0.186. The Bertz CT molecular complexity index is 776. The third kappa shape index (κ3) is 2.81. The van der Waals surface area contributed by atoms with E-state index in [9.17, 15) is 4.79 Å². The van der Waals surface area contributed by atoms with E-state index in [1.807, 2.05) is 55.6 Å². The van der Waals surface area contributed by atoms with Gasteiger partial charge in [-0.2, -0.15) is 0 Å². The van der Waals surface area contributed by atoms with Crippen LogP contribution in [0.1, 0.15) is 22.8 Å². The Kier molecular flexibility index (Phi) is 4.07. The van der Waals surface area contributed by atoms with Crippen LogP contribution < -0.4 is 4.90 Å². The molecule has 3 heteroatoms. The number of hydrogen-bond donors (Lipinski definition) is 2. The molecule has 3 nitrogen and oxygen atoms in total. The van der Waals surface area contributed by atoms with Crippen molar-refractivity contribution in [1.82, 2.24) is 4.98 Å². The minimum Gasteiger partial charge on any atom is -0.360 e. The first-order chi connectivity index (χ1) is 10.7. The van der Waals surface area contributed by atoms with Crippen LogP contribution in [-0.2, 0) is 6.54 Å². The Balaban J connectivity index is 1.79. The Labute approximate surface area is 130 Å². The van der Waals surface area contributed by atoms with E-state index in [2.05, 4.69) is 24.2 Å². The first-order valence-electron chi connectivity index (χ1n) is 7.63. The summed E-state index contributed by atoms with van der Waals surface area (Å²) in [7, 11) is 2.07. The van der Waals surface area contributed by atoms with Crippen LogP contribution in [-0.4, -0.2) is 23.9 Å². The summed E-state index contributed by atoms with van der Waals surface area (Å²) in [5, 5.41) is 1.01. The predicted octanol–water partition coefficient (Wildman–Crippen LogP) is 2.45. The van der Waals surface area contributed by atoms with E-state index in [1.54, 1.807) is 0 Å². The van der Waals surface area contributed by atoms with Crippen molar-refractivity contribution in [3.63, 3.8) is 0 Å². The fraction of sp³-hybridized carbons (Fsp3) is 0.211. The average molecular weight is 293 g/mol. The molecule has 22 heavy (non-hydrogen) atoms. The summed E-state index contributed by atoms with van der Waals surface area (Å²) in [6.07, 6.45) is 1.83. The Morgan fingerprint density at radius 3 is 2.55 bits per heavy atom. The Morgan fingerprint density at radius 2 is 1.77 bits per heavy atom. The SMILES string of the molecule is C[C@@H](C(=O)c1c[nH]c2ccccc12)[NH+](C)Cc1ccccc1. The van der Waals surface area contributed by atoms with Gasteiger partial charge >= 0.3 is 0 Å². The number of quaternary nitrogens is 1. The Morgan fingerprint density at radius 1 is 1.09 bits per heavy atom. The fourth-order valence-electron chi connectivity index (χ4n) is 2.80. The first kappa shape index (κ1) is 14.5. The summed E-state index contributed by atoms with van der Waals surface area (Å²) < 4.78 is 0. The molecule has 112 valence electrons. The van der Waals surface area contributed by atoms with Crippen molar-refractivity contribution >= 4 is 16.7 Å². The summed E-state index contributed by atoms with van der Waals surface area (Å²) in [4.78, 5) is 17.2. The van der Waals surface area contributed by atoms with Gasteiger partial charge in [-0.15, -0.1) is 0 Å².